The number of nitrogens with one attached hydrogen (secondary N) is 1. The van der Waals surface area contributed by atoms with E-state index in [9.17, 15) is 14.9 Å². The van der Waals surface area contributed by atoms with Crippen LogP contribution in [-0.2, 0) is 6.61 Å². The predicted molar refractivity (Wildman–Crippen MR) is 126 cm³/mol. The molecule has 33 heavy (non-hydrogen) atoms. The largest absolute Gasteiger partial charge is 0.489 e. The third-order valence-corrected chi connectivity index (χ3v) is 5.83. The molecular weight excluding hydrogens is 414 g/mol. The number of ether oxygens (including phenoxy) is 1. The van der Waals surface area contributed by atoms with Crippen LogP contribution in [0.15, 0.2) is 66.7 Å². The predicted octanol–water partition coefficient (Wildman–Crippen LogP) is 4.93. The van der Waals surface area contributed by atoms with Gasteiger partial charge in [-0.2, -0.15) is 5.26 Å². The van der Waals surface area contributed by atoms with Crippen LogP contribution in [0.5, 0.6) is 5.75 Å². The topological polar surface area (TPSA) is 82.4 Å². The zero-order chi connectivity index (χ0) is 23.2. The minimum absolute atomic E-state index is 0.00847. The van der Waals surface area contributed by atoms with Crippen molar-refractivity contribution < 1.29 is 14.3 Å². The number of anilines is 1. The molecule has 0 atom stereocenters. The van der Waals surface area contributed by atoms with Crippen molar-refractivity contribution >= 4 is 17.5 Å². The summed E-state index contributed by atoms with van der Waals surface area (Å²) >= 11 is 0. The van der Waals surface area contributed by atoms with Crippen LogP contribution in [0, 0.1) is 18.3 Å². The van der Waals surface area contributed by atoms with Crippen LogP contribution in [0.3, 0.4) is 0 Å². The van der Waals surface area contributed by atoms with E-state index in [1.807, 2.05) is 30.0 Å². The summed E-state index contributed by atoms with van der Waals surface area (Å²) in [5.74, 6) is 0.256. The number of likely N-dealkylation sites (tertiary alicyclic amines) is 1. The van der Waals surface area contributed by atoms with Crippen LogP contribution in [0.25, 0.3) is 0 Å². The third kappa shape index (κ3) is 5.04. The maximum Gasteiger partial charge on any atom is 0.255 e. The number of amides is 2. The number of hydrogen-bond donors (Lipinski definition) is 1. The summed E-state index contributed by atoms with van der Waals surface area (Å²) in [6, 6.07) is 21.7. The fourth-order valence-electron chi connectivity index (χ4n) is 3.93. The quantitative estimate of drug-likeness (QED) is 0.590. The normalized spacial score (nSPS) is 12.8. The van der Waals surface area contributed by atoms with Crippen molar-refractivity contribution in [2.24, 2.45) is 0 Å². The van der Waals surface area contributed by atoms with Crippen LogP contribution < -0.4 is 10.1 Å². The monoisotopic (exact) mass is 439 g/mol. The van der Waals surface area contributed by atoms with Crippen molar-refractivity contribution in [3.05, 3.63) is 94.5 Å². The molecule has 166 valence electrons. The van der Waals surface area contributed by atoms with E-state index in [1.165, 1.54) is 0 Å². The lowest BCUT2D eigenvalue weighted by Gasteiger charge is -2.18. The summed E-state index contributed by atoms with van der Waals surface area (Å²) in [5.41, 5.74) is 3.76. The van der Waals surface area contributed by atoms with Crippen molar-refractivity contribution in [2.75, 3.05) is 18.4 Å². The molecule has 0 radical (unpaired) electrons. The van der Waals surface area contributed by atoms with Gasteiger partial charge >= 0.3 is 0 Å². The van der Waals surface area contributed by atoms with Crippen LogP contribution in [-0.4, -0.2) is 29.8 Å². The summed E-state index contributed by atoms with van der Waals surface area (Å²) in [7, 11) is 0. The number of nitrogens with zero attached hydrogens (tertiary/aromatic N) is 2. The van der Waals surface area contributed by atoms with Gasteiger partial charge in [0.05, 0.1) is 11.6 Å². The zero-order valence-corrected chi connectivity index (χ0v) is 18.5. The number of nitriles is 1. The highest BCUT2D eigenvalue weighted by Gasteiger charge is 2.22. The van der Waals surface area contributed by atoms with Crippen LogP contribution >= 0.6 is 0 Å². The molecule has 6 nitrogen and oxygen atoms in total. The van der Waals surface area contributed by atoms with Crippen molar-refractivity contribution in [1.29, 1.82) is 5.26 Å². The Labute approximate surface area is 193 Å². The van der Waals surface area contributed by atoms with Crippen LogP contribution in [0.1, 0.15) is 50.2 Å². The molecule has 0 bridgehead atoms. The molecule has 1 aliphatic rings. The lowest BCUT2D eigenvalue weighted by molar-refractivity contribution is 0.0791. The molecule has 1 N–H and O–H groups in total. The highest BCUT2D eigenvalue weighted by Crippen LogP contribution is 2.24. The van der Waals surface area contributed by atoms with Crippen LogP contribution in [0.2, 0.25) is 0 Å². The van der Waals surface area contributed by atoms with E-state index >= 15 is 0 Å². The molecule has 1 saturated heterocycles. The van der Waals surface area contributed by atoms with E-state index in [1.54, 1.807) is 48.5 Å². The van der Waals surface area contributed by atoms with E-state index < -0.39 is 0 Å². The average molecular weight is 440 g/mol. The summed E-state index contributed by atoms with van der Waals surface area (Å²) in [6.45, 7) is 3.64. The average Bonchev–Trinajstić information content (AvgIpc) is 3.39. The Morgan fingerprint density at radius 1 is 1.03 bits per heavy atom. The Morgan fingerprint density at radius 2 is 1.79 bits per heavy atom. The zero-order valence-electron chi connectivity index (χ0n) is 18.5. The van der Waals surface area contributed by atoms with E-state index in [-0.39, 0.29) is 18.4 Å². The van der Waals surface area contributed by atoms with Crippen molar-refractivity contribution in [3.63, 3.8) is 0 Å². The molecule has 6 heteroatoms. The molecule has 3 aromatic carbocycles. The van der Waals surface area contributed by atoms with Gasteiger partial charge in [-0.3, -0.25) is 9.59 Å². The Bertz CT molecular complexity index is 1220. The second-order valence-corrected chi connectivity index (χ2v) is 8.02. The maximum absolute atomic E-state index is 12.9. The van der Waals surface area contributed by atoms with Gasteiger partial charge in [0, 0.05) is 35.5 Å². The minimum Gasteiger partial charge on any atom is -0.489 e. The van der Waals surface area contributed by atoms with Gasteiger partial charge in [0.15, 0.2) is 0 Å². The highest BCUT2D eigenvalue weighted by atomic mass is 16.5. The number of rotatable bonds is 6. The van der Waals surface area contributed by atoms with Crippen molar-refractivity contribution in [3.8, 4) is 11.8 Å². The van der Waals surface area contributed by atoms with E-state index in [4.69, 9.17) is 4.74 Å². The molecule has 0 aromatic heterocycles. The van der Waals surface area contributed by atoms with E-state index in [0.717, 1.165) is 37.1 Å². The number of carbonyl (C=O) groups is 2. The minimum atomic E-state index is -0.285. The van der Waals surface area contributed by atoms with Gasteiger partial charge in [-0.15, -0.1) is 0 Å². The van der Waals surface area contributed by atoms with Gasteiger partial charge in [0.1, 0.15) is 12.4 Å². The van der Waals surface area contributed by atoms with E-state index in [0.29, 0.717) is 28.1 Å². The van der Waals surface area contributed by atoms with Crippen molar-refractivity contribution in [2.45, 2.75) is 26.4 Å². The lowest BCUT2D eigenvalue weighted by Crippen LogP contribution is -2.28. The van der Waals surface area contributed by atoms with Gasteiger partial charge in [-0.25, -0.2) is 0 Å². The summed E-state index contributed by atoms with van der Waals surface area (Å²) in [6.07, 6.45) is 2.06. The van der Waals surface area contributed by atoms with Gasteiger partial charge in [-0.1, -0.05) is 30.3 Å². The molecule has 0 unspecified atom stereocenters. The molecule has 1 heterocycles. The second-order valence-electron chi connectivity index (χ2n) is 8.02. The van der Waals surface area contributed by atoms with Crippen LogP contribution in [0.4, 0.5) is 5.69 Å². The Kier molecular flexibility index (Phi) is 6.70. The standard InChI is InChI=1S/C27H25N3O3/c1-19-24(27(32)30-14-4-5-15-30)12-7-13-25(19)29-26(31)20-10-6-11-23(16-20)33-18-22-9-3-2-8-21(22)17-28/h2-3,6-13,16H,4-5,14-15,18H2,1H3,(H,29,31). The van der Waals surface area contributed by atoms with Crippen molar-refractivity contribution in [1.82, 2.24) is 4.90 Å². The fourth-order valence-corrected chi connectivity index (χ4v) is 3.93. The number of hydrogen-bond acceptors (Lipinski definition) is 4. The molecular formula is C27H25N3O3. The first kappa shape index (κ1) is 22.1. The first-order chi connectivity index (χ1) is 16.1. The molecule has 1 aliphatic heterocycles. The van der Waals surface area contributed by atoms with E-state index in [2.05, 4.69) is 11.4 Å². The first-order valence-electron chi connectivity index (χ1n) is 11.0. The molecule has 2 amide bonds. The maximum atomic E-state index is 12.9. The molecule has 3 aromatic rings. The van der Waals surface area contributed by atoms with Gasteiger partial charge < -0.3 is 15.0 Å². The third-order valence-electron chi connectivity index (χ3n) is 5.83. The number of carbonyl (C=O) groups excluding carboxylic acids is 2. The second kappa shape index (κ2) is 10.0. The van der Waals surface area contributed by atoms with Gasteiger partial charge in [0.2, 0.25) is 0 Å². The SMILES string of the molecule is Cc1c(NC(=O)c2cccc(OCc3ccccc3C#N)c2)cccc1C(=O)N1CCCC1. The molecule has 4 rings (SSSR count). The number of benzene rings is 3. The van der Waals surface area contributed by atoms with Gasteiger partial charge in [0.25, 0.3) is 11.8 Å². The van der Waals surface area contributed by atoms with Gasteiger partial charge in [-0.05, 0) is 61.7 Å². The first-order valence-corrected chi connectivity index (χ1v) is 11.0. The molecule has 1 fully saturated rings. The molecule has 0 aliphatic carbocycles. The summed E-state index contributed by atoms with van der Waals surface area (Å²) < 4.78 is 5.83. The summed E-state index contributed by atoms with van der Waals surface area (Å²) in [5, 5.41) is 12.2. The molecule has 0 saturated carbocycles. The molecule has 0 spiro atoms. The fraction of sp³-hybridized carbons (Fsp3) is 0.222. The lowest BCUT2D eigenvalue weighted by atomic mass is 10.0. The highest BCUT2D eigenvalue weighted by molar-refractivity contribution is 6.06. The Hall–Kier alpha value is -4.11. The summed E-state index contributed by atoms with van der Waals surface area (Å²) in [4.78, 5) is 27.6. The Morgan fingerprint density at radius 3 is 2.58 bits per heavy atom. The smallest absolute Gasteiger partial charge is 0.255 e. The Balaban J connectivity index is 1.46.